The van der Waals surface area contributed by atoms with E-state index in [-0.39, 0.29) is 0 Å². The van der Waals surface area contributed by atoms with E-state index in [1.54, 1.807) is 25.5 Å². The molecule has 1 saturated carbocycles. The summed E-state index contributed by atoms with van der Waals surface area (Å²) in [4.78, 5) is 0. The van der Waals surface area contributed by atoms with E-state index in [4.69, 9.17) is 32.5 Å². The molecule has 0 N–H and O–H groups in total. The molecule has 0 spiro atoms. The first-order valence-corrected chi connectivity index (χ1v) is 7.53. The number of allylic oxidation sites excluding steroid dienone is 1. The fraction of sp³-hybridized carbons (Fsp3) is 0.312. The Morgan fingerprint density at radius 3 is 2.57 bits per heavy atom. The molecule has 0 atom stereocenters. The number of nitrogens with zero attached hydrogens (tertiary/aromatic N) is 1. The van der Waals surface area contributed by atoms with Gasteiger partial charge in [0.05, 0.1) is 29.0 Å². The highest BCUT2D eigenvalue weighted by Crippen LogP contribution is 2.47. The van der Waals surface area contributed by atoms with E-state index >= 15 is 0 Å². The highest BCUT2D eigenvalue weighted by Gasteiger charge is 2.34. The molecule has 1 aliphatic rings. The molecule has 1 heterocycles. The van der Waals surface area contributed by atoms with Crippen LogP contribution in [0, 0.1) is 0 Å². The maximum atomic E-state index is 6.31. The van der Waals surface area contributed by atoms with Gasteiger partial charge in [-0.3, -0.25) is 0 Å². The first kappa shape index (κ1) is 14.5. The summed E-state index contributed by atoms with van der Waals surface area (Å²) in [6, 6.07) is 5.41. The zero-order valence-electron chi connectivity index (χ0n) is 11.8. The van der Waals surface area contributed by atoms with Crippen LogP contribution in [0.15, 0.2) is 29.0 Å². The van der Waals surface area contributed by atoms with Gasteiger partial charge in [0.2, 0.25) is 0 Å². The highest BCUT2D eigenvalue weighted by atomic mass is 35.5. The Morgan fingerprint density at radius 1 is 1.33 bits per heavy atom. The van der Waals surface area contributed by atoms with E-state index in [0.29, 0.717) is 27.2 Å². The lowest BCUT2D eigenvalue weighted by atomic mass is 9.99. The zero-order valence-corrected chi connectivity index (χ0v) is 13.3. The van der Waals surface area contributed by atoms with E-state index < -0.39 is 0 Å². The number of aromatic nitrogens is 1. The minimum Gasteiger partial charge on any atom is -0.504 e. The van der Waals surface area contributed by atoms with Gasteiger partial charge in [0.15, 0.2) is 0 Å². The average molecular weight is 324 g/mol. The Bertz CT molecular complexity index is 682. The van der Waals surface area contributed by atoms with E-state index in [2.05, 4.69) is 5.16 Å². The molecule has 21 heavy (non-hydrogen) atoms. The van der Waals surface area contributed by atoms with Crippen LogP contribution in [0.5, 0.6) is 0 Å². The zero-order chi connectivity index (χ0) is 15.0. The molecule has 1 fully saturated rings. The molecule has 0 aliphatic heterocycles. The summed E-state index contributed by atoms with van der Waals surface area (Å²) in [5.41, 5.74) is 3.27. The summed E-state index contributed by atoms with van der Waals surface area (Å²) in [7, 11) is 1.62. The van der Waals surface area contributed by atoms with Gasteiger partial charge in [0, 0.05) is 11.5 Å². The number of benzene rings is 1. The van der Waals surface area contributed by atoms with Gasteiger partial charge in [-0.2, -0.15) is 0 Å². The van der Waals surface area contributed by atoms with Crippen molar-refractivity contribution in [3.8, 4) is 11.3 Å². The normalized spacial score (nSPS) is 15.3. The first-order chi connectivity index (χ1) is 10.1. The number of hydrogen-bond acceptors (Lipinski definition) is 3. The number of rotatable bonds is 4. The van der Waals surface area contributed by atoms with Gasteiger partial charge in [-0.1, -0.05) is 34.4 Å². The van der Waals surface area contributed by atoms with E-state index in [1.165, 1.54) is 0 Å². The quantitative estimate of drug-likeness (QED) is 0.693. The predicted molar refractivity (Wildman–Crippen MR) is 84.6 cm³/mol. The largest absolute Gasteiger partial charge is 0.504 e. The molecule has 0 bridgehead atoms. The minimum atomic E-state index is 0.433. The van der Waals surface area contributed by atoms with Crippen LogP contribution in [0.2, 0.25) is 10.0 Å². The van der Waals surface area contributed by atoms with Gasteiger partial charge < -0.3 is 9.26 Å². The van der Waals surface area contributed by atoms with E-state index in [1.807, 2.05) is 13.0 Å². The number of halogens is 2. The Balaban J connectivity index is 2.21. The van der Waals surface area contributed by atoms with Crippen molar-refractivity contribution in [2.24, 2.45) is 0 Å². The predicted octanol–water partition coefficient (Wildman–Crippen LogP) is 5.53. The lowest BCUT2D eigenvalue weighted by Crippen LogP contribution is -1.91. The second kappa shape index (κ2) is 5.74. The van der Waals surface area contributed by atoms with Gasteiger partial charge in [-0.05, 0) is 37.5 Å². The van der Waals surface area contributed by atoms with Crippen molar-refractivity contribution < 1.29 is 9.26 Å². The van der Waals surface area contributed by atoms with Gasteiger partial charge >= 0.3 is 0 Å². The van der Waals surface area contributed by atoms with Crippen LogP contribution in [0.25, 0.3) is 16.8 Å². The Kier molecular flexibility index (Phi) is 3.96. The second-order valence-corrected chi connectivity index (χ2v) is 5.99. The molecule has 3 nitrogen and oxygen atoms in total. The molecule has 0 radical (unpaired) electrons. The third-order valence-electron chi connectivity index (χ3n) is 3.56. The maximum absolute atomic E-state index is 6.31. The molecule has 0 saturated heterocycles. The molecule has 5 heteroatoms. The fourth-order valence-electron chi connectivity index (χ4n) is 2.44. The summed E-state index contributed by atoms with van der Waals surface area (Å²) in [6.07, 6.45) is 3.93. The fourth-order valence-corrected chi connectivity index (χ4v) is 3.01. The van der Waals surface area contributed by atoms with Crippen molar-refractivity contribution in [3.05, 3.63) is 45.8 Å². The van der Waals surface area contributed by atoms with Crippen LogP contribution in [-0.4, -0.2) is 12.3 Å². The molecule has 110 valence electrons. The van der Waals surface area contributed by atoms with E-state index in [9.17, 15) is 0 Å². The molecule has 0 unspecified atom stereocenters. The molecule has 2 aromatic rings. The van der Waals surface area contributed by atoms with Crippen molar-refractivity contribution in [2.45, 2.75) is 25.7 Å². The van der Waals surface area contributed by atoms with Crippen LogP contribution < -0.4 is 0 Å². The summed E-state index contributed by atoms with van der Waals surface area (Å²) < 4.78 is 10.7. The average Bonchev–Trinajstić information content (AvgIpc) is 3.19. The number of methoxy groups -OCH3 is 1. The molecule has 0 amide bonds. The van der Waals surface area contributed by atoms with Crippen LogP contribution in [0.4, 0.5) is 0 Å². The van der Waals surface area contributed by atoms with Gasteiger partial charge in [-0.25, -0.2) is 0 Å². The maximum Gasteiger partial charge on any atom is 0.148 e. The van der Waals surface area contributed by atoms with Crippen molar-refractivity contribution in [3.63, 3.8) is 0 Å². The standard InChI is InChI=1S/C16H15Cl2NO2/c1-9(8-20-2)13-15(19-21-16(13)10-6-7-10)14-11(17)4-3-5-12(14)18/h3-5,8,10H,6-7H2,1-2H3/b9-8+. The Hall–Kier alpha value is -1.45. The van der Waals surface area contributed by atoms with Gasteiger partial charge in [-0.15, -0.1) is 0 Å². The van der Waals surface area contributed by atoms with Gasteiger partial charge in [0.1, 0.15) is 11.5 Å². The van der Waals surface area contributed by atoms with Crippen LogP contribution in [-0.2, 0) is 4.74 Å². The Morgan fingerprint density at radius 2 is 2.00 bits per heavy atom. The lowest BCUT2D eigenvalue weighted by molar-refractivity contribution is 0.339. The molecular weight excluding hydrogens is 309 g/mol. The van der Waals surface area contributed by atoms with Crippen molar-refractivity contribution in [1.82, 2.24) is 5.16 Å². The summed E-state index contributed by atoms with van der Waals surface area (Å²) in [5, 5.41) is 5.35. The van der Waals surface area contributed by atoms with Crippen molar-refractivity contribution in [2.75, 3.05) is 7.11 Å². The third-order valence-corrected chi connectivity index (χ3v) is 4.19. The van der Waals surface area contributed by atoms with Crippen molar-refractivity contribution in [1.29, 1.82) is 0 Å². The second-order valence-electron chi connectivity index (χ2n) is 5.18. The van der Waals surface area contributed by atoms with Crippen LogP contribution >= 0.6 is 23.2 Å². The van der Waals surface area contributed by atoms with E-state index in [0.717, 1.165) is 29.7 Å². The minimum absolute atomic E-state index is 0.433. The smallest absolute Gasteiger partial charge is 0.148 e. The highest BCUT2D eigenvalue weighted by molar-refractivity contribution is 6.39. The molecular formula is C16H15Cl2NO2. The monoisotopic (exact) mass is 323 g/mol. The van der Waals surface area contributed by atoms with Crippen LogP contribution in [0.1, 0.15) is 37.0 Å². The summed E-state index contributed by atoms with van der Waals surface area (Å²) in [6.45, 7) is 1.97. The number of ether oxygens (including phenoxy) is 1. The summed E-state index contributed by atoms with van der Waals surface area (Å²) >= 11 is 12.6. The molecule has 1 aromatic heterocycles. The molecule has 3 rings (SSSR count). The molecule has 1 aromatic carbocycles. The topological polar surface area (TPSA) is 35.3 Å². The molecule has 1 aliphatic carbocycles. The third kappa shape index (κ3) is 2.68. The van der Waals surface area contributed by atoms with Crippen molar-refractivity contribution >= 4 is 28.8 Å². The Labute approximate surface area is 133 Å². The lowest BCUT2D eigenvalue weighted by Gasteiger charge is -2.07. The van der Waals surface area contributed by atoms with Gasteiger partial charge in [0.25, 0.3) is 0 Å². The summed E-state index contributed by atoms with van der Waals surface area (Å²) in [5.74, 6) is 1.33. The number of hydrogen-bond donors (Lipinski definition) is 0. The van der Waals surface area contributed by atoms with Crippen LogP contribution in [0.3, 0.4) is 0 Å². The first-order valence-electron chi connectivity index (χ1n) is 6.77. The SMILES string of the molecule is CO/C=C(\C)c1c(-c2c(Cl)cccc2Cl)noc1C1CC1.